The Morgan fingerprint density at radius 3 is 2.56 bits per heavy atom. The number of aryl methyl sites for hydroxylation is 1. The molecular weight excluding hydrogens is 252 g/mol. The second-order valence-electron chi connectivity index (χ2n) is 5.00. The predicted octanol–water partition coefficient (Wildman–Crippen LogP) is 2.49. The molecule has 0 radical (unpaired) electrons. The van der Waals surface area contributed by atoms with Crippen LogP contribution in [-0.2, 0) is 4.79 Å². The summed E-state index contributed by atoms with van der Waals surface area (Å²) in [5, 5.41) is 11.6. The van der Waals surface area contributed by atoms with Gasteiger partial charge in [-0.15, -0.1) is 11.8 Å². The van der Waals surface area contributed by atoms with Gasteiger partial charge in [0.1, 0.15) is 5.69 Å². The average molecular weight is 270 g/mol. The highest BCUT2D eigenvalue weighted by molar-refractivity contribution is 8.01. The van der Waals surface area contributed by atoms with E-state index in [4.69, 9.17) is 5.11 Å². The van der Waals surface area contributed by atoms with Crippen LogP contribution in [0, 0.1) is 6.92 Å². The monoisotopic (exact) mass is 270 g/mol. The number of anilines is 1. The Balaban J connectivity index is 2.67. The van der Waals surface area contributed by atoms with Crippen molar-refractivity contribution in [2.45, 2.75) is 32.4 Å². The number of carboxylic acid groups (broad SMARTS) is 1. The van der Waals surface area contributed by atoms with Gasteiger partial charge in [0.05, 0.1) is 11.4 Å². The summed E-state index contributed by atoms with van der Waals surface area (Å²) in [6.07, 6.45) is 0. The molecule has 1 aromatic rings. The maximum absolute atomic E-state index is 11.7. The minimum Gasteiger partial charge on any atom is -0.477 e. The molecule has 3 N–H and O–H groups in total. The molecule has 0 bridgehead atoms. The summed E-state index contributed by atoms with van der Waals surface area (Å²) in [6.45, 7) is 7.81. The fraction of sp³-hybridized carbons (Fsp3) is 0.500. The molecular formula is C12H18N2O3S. The Morgan fingerprint density at radius 1 is 1.44 bits per heavy atom. The van der Waals surface area contributed by atoms with Crippen LogP contribution in [0.3, 0.4) is 0 Å². The van der Waals surface area contributed by atoms with E-state index in [9.17, 15) is 9.59 Å². The largest absolute Gasteiger partial charge is 0.477 e. The normalized spacial score (nSPS) is 11.3. The van der Waals surface area contributed by atoms with Gasteiger partial charge in [-0.25, -0.2) is 4.79 Å². The van der Waals surface area contributed by atoms with E-state index in [0.29, 0.717) is 17.1 Å². The van der Waals surface area contributed by atoms with Crippen molar-refractivity contribution >= 4 is 29.3 Å². The Bertz CT molecular complexity index is 460. The van der Waals surface area contributed by atoms with E-state index in [1.54, 1.807) is 13.0 Å². The van der Waals surface area contributed by atoms with Gasteiger partial charge in [-0.3, -0.25) is 4.79 Å². The first-order valence-corrected chi connectivity index (χ1v) is 6.54. The van der Waals surface area contributed by atoms with Gasteiger partial charge < -0.3 is 15.4 Å². The summed E-state index contributed by atoms with van der Waals surface area (Å²) in [5.41, 5.74) is 1.03. The van der Waals surface area contributed by atoms with Crippen molar-refractivity contribution in [3.63, 3.8) is 0 Å². The van der Waals surface area contributed by atoms with Gasteiger partial charge in [-0.2, -0.15) is 0 Å². The van der Waals surface area contributed by atoms with E-state index in [0.717, 1.165) is 0 Å². The molecule has 1 rings (SSSR count). The van der Waals surface area contributed by atoms with Gasteiger partial charge >= 0.3 is 5.97 Å². The minimum atomic E-state index is -1.08. The third-order valence-corrected chi connectivity index (χ3v) is 3.35. The van der Waals surface area contributed by atoms with Crippen LogP contribution >= 0.6 is 11.8 Å². The molecule has 0 unspecified atom stereocenters. The number of carbonyl (C=O) groups excluding carboxylic acids is 1. The highest BCUT2D eigenvalue weighted by atomic mass is 32.2. The molecule has 0 aliphatic carbocycles. The molecule has 0 fully saturated rings. The van der Waals surface area contributed by atoms with Crippen molar-refractivity contribution in [3.05, 3.63) is 17.5 Å². The van der Waals surface area contributed by atoms with Crippen LogP contribution < -0.4 is 5.32 Å². The molecule has 0 spiro atoms. The number of aromatic nitrogens is 1. The number of nitrogens with one attached hydrogen (secondary N) is 2. The van der Waals surface area contributed by atoms with Gasteiger partial charge in [0.25, 0.3) is 0 Å². The maximum Gasteiger partial charge on any atom is 0.354 e. The van der Waals surface area contributed by atoms with Crippen LogP contribution in [0.5, 0.6) is 0 Å². The first-order chi connectivity index (χ1) is 8.19. The van der Waals surface area contributed by atoms with Gasteiger partial charge in [-0.1, -0.05) is 20.8 Å². The first-order valence-electron chi connectivity index (χ1n) is 5.56. The fourth-order valence-electron chi connectivity index (χ4n) is 1.32. The molecule has 1 aromatic heterocycles. The number of carbonyl (C=O) groups is 2. The van der Waals surface area contributed by atoms with Crippen molar-refractivity contribution in [3.8, 4) is 0 Å². The van der Waals surface area contributed by atoms with Crippen molar-refractivity contribution in [1.29, 1.82) is 0 Å². The molecule has 0 aliphatic heterocycles. The lowest BCUT2D eigenvalue weighted by molar-refractivity contribution is -0.113. The minimum absolute atomic E-state index is 0.00102. The second kappa shape index (κ2) is 5.48. The van der Waals surface area contributed by atoms with Crippen LogP contribution in [0.15, 0.2) is 6.07 Å². The highest BCUT2D eigenvalue weighted by Crippen LogP contribution is 2.23. The number of thioether (sulfide) groups is 1. The van der Waals surface area contributed by atoms with Crippen molar-refractivity contribution in [2.75, 3.05) is 11.1 Å². The Kier molecular flexibility index (Phi) is 4.45. The highest BCUT2D eigenvalue weighted by Gasteiger charge is 2.17. The summed E-state index contributed by atoms with van der Waals surface area (Å²) in [4.78, 5) is 25.4. The molecule has 1 heterocycles. The van der Waals surface area contributed by atoms with Crippen molar-refractivity contribution in [2.24, 2.45) is 0 Å². The number of H-pyrrole nitrogens is 1. The van der Waals surface area contributed by atoms with Crippen LogP contribution in [0.2, 0.25) is 0 Å². The molecule has 100 valence electrons. The Labute approximate surface area is 110 Å². The zero-order chi connectivity index (χ0) is 13.9. The summed E-state index contributed by atoms with van der Waals surface area (Å²) < 4.78 is 0.00102. The SMILES string of the molecule is Cc1cc(NC(=O)CSC(C)(C)C)c(C(=O)O)[nH]1. The molecule has 0 aromatic carbocycles. The predicted molar refractivity (Wildman–Crippen MR) is 73.3 cm³/mol. The summed E-state index contributed by atoms with van der Waals surface area (Å²) in [5.74, 6) is -0.981. The fourth-order valence-corrected chi connectivity index (χ4v) is 1.96. The van der Waals surface area contributed by atoms with Gasteiger partial charge in [0.2, 0.25) is 5.91 Å². The third-order valence-electron chi connectivity index (χ3n) is 2.08. The molecule has 0 aliphatic rings. The van der Waals surface area contributed by atoms with Crippen LogP contribution in [-0.4, -0.2) is 32.5 Å². The molecule has 1 amide bonds. The second-order valence-corrected chi connectivity index (χ2v) is 6.80. The lowest BCUT2D eigenvalue weighted by atomic mass is 10.3. The Hall–Kier alpha value is -1.43. The number of carboxylic acids is 1. The topological polar surface area (TPSA) is 82.2 Å². The number of amides is 1. The Morgan fingerprint density at radius 2 is 2.06 bits per heavy atom. The van der Waals surface area contributed by atoms with E-state index >= 15 is 0 Å². The van der Waals surface area contributed by atoms with Gasteiger partial charge in [0, 0.05) is 10.4 Å². The zero-order valence-electron chi connectivity index (χ0n) is 11.0. The molecule has 0 saturated heterocycles. The van der Waals surface area contributed by atoms with E-state index < -0.39 is 5.97 Å². The number of aromatic amines is 1. The number of hydrogen-bond acceptors (Lipinski definition) is 3. The number of aromatic carboxylic acids is 1. The maximum atomic E-state index is 11.7. The van der Waals surface area contributed by atoms with Crippen LogP contribution in [0.4, 0.5) is 5.69 Å². The smallest absolute Gasteiger partial charge is 0.354 e. The standard InChI is InChI=1S/C12H18N2O3S/c1-7-5-8(10(13-7)11(16)17)14-9(15)6-18-12(2,3)4/h5,13H,6H2,1-4H3,(H,14,15)(H,16,17). The van der Waals surface area contributed by atoms with E-state index in [-0.39, 0.29) is 16.3 Å². The average Bonchev–Trinajstić information content (AvgIpc) is 2.55. The quantitative estimate of drug-likeness (QED) is 0.785. The van der Waals surface area contributed by atoms with Crippen molar-refractivity contribution in [1.82, 2.24) is 4.98 Å². The van der Waals surface area contributed by atoms with Gasteiger partial charge in [0.15, 0.2) is 0 Å². The number of hydrogen-bond donors (Lipinski definition) is 3. The summed E-state index contributed by atoms with van der Waals surface area (Å²) in [6, 6.07) is 1.61. The molecule has 5 nitrogen and oxygen atoms in total. The summed E-state index contributed by atoms with van der Waals surface area (Å²) >= 11 is 1.51. The molecule has 0 saturated carbocycles. The van der Waals surface area contributed by atoms with E-state index in [1.807, 2.05) is 20.8 Å². The van der Waals surface area contributed by atoms with Crippen LogP contribution in [0.25, 0.3) is 0 Å². The number of rotatable bonds is 4. The third kappa shape index (κ3) is 4.44. The van der Waals surface area contributed by atoms with E-state index in [1.165, 1.54) is 11.8 Å². The van der Waals surface area contributed by atoms with Gasteiger partial charge in [-0.05, 0) is 13.0 Å². The zero-order valence-corrected chi connectivity index (χ0v) is 11.8. The summed E-state index contributed by atoms with van der Waals surface area (Å²) in [7, 11) is 0. The van der Waals surface area contributed by atoms with Crippen molar-refractivity contribution < 1.29 is 14.7 Å². The molecule has 0 atom stereocenters. The molecule has 18 heavy (non-hydrogen) atoms. The van der Waals surface area contributed by atoms with E-state index in [2.05, 4.69) is 10.3 Å². The lowest BCUT2D eigenvalue weighted by Gasteiger charge is -2.16. The first kappa shape index (κ1) is 14.6. The lowest BCUT2D eigenvalue weighted by Crippen LogP contribution is -2.19. The molecule has 6 heteroatoms. The van der Waals surface area contributed by atoms with Crippen LogP contribution in [0.1, 0.15) is 37.0 Å².